The first-order valence-electron chi connectivity index (χ1n) is 26.0. The van der Waals surface area contributed by atoms with Gasteiger partial charge >= 0.3 is 5.97 Å². The molecule has 4 rings (SSSR count). The van der Waals surface area contributed by atoms with Gasteiger partial charge in [-0.3, -0.25) is 33.6 Å². The molecule has 420 valence electrons. The molecule has 0 spiro atoms. The van der Waals surface area contributed by atoms with E-state index in [0.29, 0.717) is 30.5 Å². The number of Topliss-reactive ketones (excluding diaryl/α,β-unsaturated/α-hetero) is 2. The van der Waals surface area contributed by atoms with E-state index in [2.05, 4.69) is 41.7 Å². The Bertz CT molecular complexity index is 2490. The minimum Gasteiger partial charge on any atom is -0.508 e. The number of nitrogens with one attached hydrogen (secondary N) is 6. The van der Waals surface area contributed by atoms with Gasteiger partial charge in [-0.2, -0.15) is 0 Å². The van der Waals surface area contributed by atoms with Crippen LogP contribution in [-0.4, -0.2) is 147 Å². The predicted molar refractivity (Wildman–Crippen MR) is 283 cm³/mol. The van der Waals surface area contributed by atoms with Crippen molar-refractivity contribution in [1.82, 2.24) is 46.4 Å². The number of ketones is 2. The second-order valence-electron chi connectivity index (χ2n) is 20.1. The summed E-state index contributed by atoms with van der Waals surface area (Å²) in [5.41, 5.74) is 7.38. The highest BCUT2D eigenvalue weighted by atomic mass is 16.7. The lowest BCUT2D eigenvalue weighted by atomic mass is 9.83. The Morgan fingerprint density at radius 3 is 2.16 bits per heavy atom. The maximum Gasteiger partial charge on any atom is 0.328 e. The third-order valence-electron chi connectivity index (χ3n) is 13.4. The van der Waals surface area contributed by atoms with Crippen molar-refractivity contribution < 1.29 is 53.2 Å². The maximum absolute atomic E-state index is 14.7. The SMILES string of the molecule is CCC(C)[C@H](CC(=O)[C@H](Cc1ccc(O)cc1)NC(=O)[C@@H](CC(=O)[C@H](CCCN/C(N)=N\[N+](=O)[O-])NC(=O)CN(C)C)C(C)C)C(=O)N[C@@H](Cc1cnc[nH]1)C(=O)N1CCC[C@H]1C(=O)N[C@H](C)C(=O)OCc1ccccc1. The van der Waals surface area contributed by atoms with Crippen molar-refractivity contribution in [2.45, 2.75) is 129 Å². The van der Waals surface area contributed by atoms with E-state index in [1.54, 1.807) is 64.0 Å². The Morgan fingerprint density at radius 2 is 1.53 bits per heavy atom. The summed E-state index contributed by atoms with van der Waals surface area (Å²) in [4.78, 5) is 133. The summed E-state index contributed by atoms with van der Waals surface area (Å²) in [6.45, 7) is 8.85. The Morgan fingerprint density at radius 1 is 0.883 bits per heavy atom. The number of aromatic amines is 1. The van der Waals surface area contributed by atoms with Crippen molar-refractivity contribution in [3.63, 3.8) is 0 Å². The number of rotatable bonds is 31. The molecule has 1 fully saturated rings. The van der Waals surface area contributed by atoms with Crippen LogP contribution in [0.5, 0.6) is 5.75 Å². The summed E-state index contributed by atoms with van der Waals surface area (Å²) >= 11 is 0. The Labute approximate surface area is 448 Å². The summed E-state index contributed by atoms with van der Waals surface area (Å²) in [6, 6.07) is 9.59. The molecule has 1 aliphatic heterocycles. The Kier molecular flexibility index (Phi) is 24.6. The van der Waals surface area contributed by atoms with Gasteiger partial charge in [-0.05, 0) is 88.2 Å². The fourth-order valence-corrected chi connectivity index (χ4v) is 8.89. The van der Waals surface area contributed by atoms with E-state index in [1.807, 2.05) is 25.1 Å². The molecule has 9 N–H and O–H groups in total. The monoisotopic (exact) mass is 1070 g/mol. The molecule has 3 aromatic rings. The molecule has 24 heteroatoms. The van der Waals surface area contributed by atoms with Crippen LogP contribution in [0, 0.1) is 33.8 Å². The number of hydrazone groups is 1. The molecule has 0 radical (unpaired) electrons. The molecular formula is C53H76N12O12. The van der Waals surface area contributed by atoms with E-state index in [1.165, 1.54) is 36.5 Å². The quantitative estimate of drug-likeness (QED) is 0.0114. The first-order chi connectivity index (χ1) is 36.6. The zero-order chi connectivity index (χ0) is 56.8. The number of nitrogens with zero attached hydrogens (tertiary/aromatic N) is 5. The number of hydrogen-bond acceptors (Lipinski definition) is 14. The summed E-state index contributed by atoms with van der Waals surface area (Å²) in [7, 11) is 3.36. The summed E-state index contributed by atoms with van der Waals surface area (Å²) in [6.07, 6.45) is 3.64. The van der Waals surface area contributed by atoms with Crippen molar-refractivity contribution in [2.24, 2.45) is 34.5 Å². The van der Waals surface area contributed by atoms with E-state index < -0.39 is 112 Å². The second-order valence-corrected chi connectivity index (χ2v) is 20.1. The summed E-state index contributed by atoms with van der Waals surface area (Å²) in [5.74, 6) is -7.84. The number of esters is 1. The van der Waals surface area contributed by atoms with Gasteiger partial charge in [-0.1, -0.05) is 76.6 Å². The van der Waals surface area contributed by atoms with Crippen LogP contribution in [-0.2, 0) is 62.5 Å². The van der Waals surface area contributed by atoms with E-state index >= 15 is 0 Å². The van der Waals surface area contributed by atoms with Crippen LogP contribution in [0.4, 0.5) is 0 Å². The van der Waals surface area contributed by atoms with Gasteiger partial charge in [-0.25, -0.2) is 19.9 Å². The average molecular weight is 1070 g/mol. The number of likely N-dealkylation sites (N-methyl/N-ethyl adjacent to an activating group) is 1. The fourth-order valence-electron chi connectivity index (χ4n) is 8.89. The van der Waals surface area contributed by atoms with Crippen molar-refractivity contribution >= 4 is 53.0 Å². The van der Waals surface area contributed by atoms with E-state index in [0.717, 1.165) is 5.56 Å². The van der Waals surface area contributed by atoms with Crippen molar-refractivity contribution in [2.75, 3.05) is 33.7 Å². The highest BCUT2D eigenvalue weighted by Crippen LogP contribution is 2.26. The van der Waals surface area contributed by atoms with Crippen LogP contribution < -0.4 is 32.3 Å². The van der Waals surface area contributed by atoms with Crippen LogP contribution in [0.1, 0.15) is 96.4 Å². The number of aromatic hydroxyl groups is 1. The number of carbonyl (C=O) groups is 8. The number of nitrogens with two attached hydrogens (primary N) is 1. The number of imidazole rings is 1. The molecule has 0 saturated carbocycles. The lowest BCUT2D eigenvalue weighted by molar-refractivity contribution is -0.485. The topological polar surface area (TPSA) is 343 Å². The third kappa shape index (κ3) is 20.4. The smallest absolute Gasteiger partial charge is 0.328 e. The largest absolute Gasteiger partial charge is 0.508 e. The number of amides is 5. The van der Waals surface area contributed by atoms with E-state index in [-0.39, 0.29) is 70.5 Å². The average Bonchev–Trinajstić information content (AvgIpc) is 4.10. The van der Waals surface area contributed by atoms with Crippen molar-refractivity contribution in [3.8, 4) is 5.75 Å². The molecule has 1 aliphatic rings. The number of H-pyrrole nitrogens is 1. The number of hydrogen-bond donors (Lipinski definition) is 8. The number of phenolic OH excluding ortho intramolecular Hbond substituents is 1. The van der Waals surface area contributed by atoms with Crippen LogP contribution in [0.3, 0.4) is 0 Å². The molecule has 8 atom stereocenters. The molecular weight excluding hydrogens is 997 g/mol. The zero-order valence-corrected chi connectivity index (χ0v) is 45.0. The number of carbonyl (C=O) groups excluding carboxylic acids is 8. The van der Waals surface area contributed by atoms with Crippen molar-refractivity contribution in [1.29, 1.82) is 0 Å². The highest BCUT2D eigenvalue weighted by Gasteiger charge is 2.41. The second kappa shape index (κ2) is 30.7. The molecule has 2 heterocycles. The van der Waals surface area contributed by atoms with Gasteiger partial charge in [-0.15, -0.1) is 0 Å². The number of phenols is 1. The standard InChI is InChI=1S/C53H76N12O12/c1-8-33(4)40(49(71)61-43(25-37-28-55-31-57-37)51(73)64-23-13-17-44(64)50(72)58-34(5)52(74)77-30-36-14-10-9-11-15-36)27-46(68)42(24-35-18-20-38(66)21-19-35)60-48(70)39(32(2)3)26-45(67)41(59-47(69)29-63(6)7)16-12-22-56-53(54)62-65(75)76/h9-11,14-15,18-21,28,31-34,39-44,66H,8,12-13,16-17,22-27,29-30H2,1-7H3,(H,55,57)(H,58,72)(H,59,69)(H,60,70)(H,61,71)(H3,54,56,62)/t33?,34-,39+,40+,41+,42+,43+,44+/m1/s1. The molecule has 1 aromatic heterocycles. The summed E-state index contributed by atoms with van der Waals surface area (Å²) < 4.78 is 5.41. The minimum atomic E-state index is -1.24. The van der Waals surface area contributed by atoms with E-state index in [9.17, 15) is 53.6 Å². The lowest BCUT2D eigenvalue weighted by Crippen LogP contribution is -2.56. The number of likely N-dealkylation sites (tertiary alicyclic amines) is 1. The molecule has 24 nitrogen and oxygen atoms in total. The maximum atomic E-state index is 14.7. The minimum absolute atomic E-state index is 0.00990. The van der Waals surface area contributed by atoms with Gasteiger partial charge in [0, 0.05) is 56.1 Å². The van der Waals surface area contributed by atoms with Gasteiger partial charge in [0.1, 0.15) is 35.6 Å². The van der Waals surface area contributed by atoms with Crippen LogP contribution in [0.25, 0.3) is 0 Å². The molecule has 0 aliphatic carbocycles. The fraction of sp³-hybridized carbons (Fsp3) is 0.547. The Hall–Kier alpha value is -7.76. The number of guanidine groups is 1. The zero-order valence-electron chi connectivity index (χ0n) is 45.0. The number of ether oxygens (including phenoxy) is 1. The lowest BCUT2D eigenvalue weighted by Gasteiger charge is -2.31. The number of nitro groups is 1. The first kappa shape index (κ1) is 61.8. The van der Waals surface area contributed by atoms with Crippen LogP contribution in [0.2, 0.25) is 0 Å². The van der Waals surface area contributed by atoms with Crippen LogP contribution >= 0.6 is 0 Å². The Balaban J connectivity index is 1.55. The van der Waals surface area contributed by atoms with E-state index in [4.69, 9.17) is 10.5 Å². The number of benzene rings is 2. The van der Waals surface area contributed by atoms with Gasteiger partial charge in [0.05, 0.1) is 25.0 Å². The predicted octanol–water partition coefficient (Wildman–Crippen LogP) is 1.88. The van der Waals surface area contributed by atoms with Gasteiger partial charge in [0.15, 0.2) is 16.6 Å². The van der Waals surface area contributed by atoms with Crippen LogP contribution in [0.15, 0.2) is 72.2 Å². The van der Waals surface area contributed by atoms with Gasteiger partial charge in [0.25, 0.3) is 5.96 Å². The first-order valence-corrected chi connectivity index (χ1v) is 26.0. The highest BCUT2D eigenvalue weighted by molar-refractivity contribution is 5.97. The molecule has 1 unspecified atom stereocenters. The van der Waals surface area contributed by atoms with Crippen molar-refractivity contribution in [3.05, 3.63) is 94.1 Å². The van der Waals surface area contributed by atoms with Gasteiger partial charge < -0.3 is 56.9 Å². The normalized spacial score (nSPS) is 16.2. The molecule has 0 bridgehead atoms. The molecule has 2 aromatic carbocycles. The number of aromatic nitrogens is 2. The molecule has 5 amide bonds. The third-order valence-corrected chi connectivity index (χ3v) is 13.4. The van der Waals surface area contributed by atoms with Gasteiger partial charge in [0.2, 0.25) is 29.5 Å². The molecule has 77 heavy (non-hydrogen) atoms. The molecule has 1 saturated heterocycles. The summed E-state index contributed by atoms with van der Waals surface area (Å²) in [5, 5.41) is 36.6.